The van der Waals surface area contributed by atoms with Crippen LogP contribution in [0.15, 0.2) is 104 Å². The molecule has 0 saturated carbocycles. The molecule has 0 radical (unpaired) electrons. The van der Waals surface area contributed by atoms with Crippen LogP contribution in [0, 0.1) is 37.1 Å². The molecule has 0 bridgehead atoms. The average molecular weight is 1320 g/mol. The van der Waals surface area contributed by atoms with Gasteiger partial charge in [0.1, 0.15) is 57.2 Å². The largest absolute Gasteiger partial charge is 0.507 e. The van der Waals surface area contributed by atoms with Crippen molar-refractivity contribution in [1.82, 2.24) is 106 Å². The molecule has 0 aliphatic carbocycles. The molecule has 26 heteroatoms. The van der Waals surface area contributed by atoms with Crippen molar-refractivity contribution in [1.29, 1.82) is 0 Å². The summed E-state index contributed by atoms with van der Waals surface area (Å²) < 4.78 is 65.7. The SMILES string of the molecule is CC1(C)CC(n2cnc3cc(-c4cc(F)c(-c5cn[nH]c5)cc4F)nnc32)CC(C)(C)N1.Cc1nc2cc(-c3cc(F)c(-c4cn[nH]c4)cc3F)nnc2n1C1CC(C)(C)NC(C)(C)C1.Cc1nc2cc(-c3ccc(-c4cn[nH]c4)cc3O)nnc2n1C1CC(C)(C)NC(C)(C)C1. The van der Waals surface area contributed by atoms with Gasteiger partial charge in [-0.05, 0) is 196 Å². The van der Waals surface area contributed by atoms with Gasteiger partial charge in [0, 0.05) is 114 Å². The van der Waals surface area contributed by atoms with Gasteiger partial charge in [-0.15, -0.1) is 30.6 Å². The van der Waals surface area contributed by atoms with E-state index in [4.69, 9.17) is 9.97 Å². The van der Waals surface area contributed by atoms with E-state index in [2.05, 4.69) is 179 Å². The highest BCUT2D eigenvalue weighted by molar-refractivity contribution is 5.82. The summed E-state index contributed by atoms with van der Waals surface area (Å²) in [5, 5.41) is 67.6. The molecule has 3 aliphatic heterocycles. The molecule has 22 nitrogen and oxygen atoms in total. The lowest BCUT2D eigenvalue weighted by molar-refractivity contribution is 0.132. The number of piperidine rings is 3. The Morgan fingerprint density at radius 2 is 0.763 bits per heavy atom. The number of imidazole rings is 3. The Morgan fingerprint density at radius 1 is 0.402 bits per heavy atom. The first-order valence-electron chi connectivity index (χ1n) is 32.6. The van der Waals surface area contributed by atoms with Crippen molar-refractivity contribution in [3.63, 3.8) is 0 Å². The Morgan fingerprint density at radius 3 is 1.16 bits per heavy atom. The van der Waals surface area contributed by atoms with Crippen LogP contribution in [-0.4, -0.2) is 128 Å². The van der Waals surface area contributed by atoms with Crippen LogP contribution < -0.4 is 16.0 Å². The topological polar surface area (TPSA) is 273 Å². The van der Waals surface area contributed by atoms with E-state index in [0.717, 1.165) is 96.7 Å². The zero-order valence-corrected chi connectivity index (χ0v) is 57.0. The molecule has 0 unspecified atom stereocenters. The van der Waals surface area contributed by atoms with Crippen LogP contribution in [0.3, 0.4) is 0 Å². The lowest BCUT2D eigenvalue weighted by Gasteiger charge is -2.47. The summed E-state index contributed by atoms with van der Waals surface area (Å²) in [6.07, 6.45) is 16.8. The minimum atomic E-state index is -0.586. The number of fused-ring (bicyclic) bond motifs is 3. The standard InChI is InChI=1S/C24H27F2N7.C24H29N7O.C23H25F2N7/c1-13-29-21-8-20(17-7-18(25)16(6-19(17)26)14-11-27-28-12-14)30-31-22(21)33(13)15-9-23(2,3)32-24(4,5)10-15;1-14-27-20-9-19(18-7-6-15(8-21(18)32)16-12-25-26-13-16)28-29-22(20)31(14)17-10-23(2,3)30-24(4,5)11-17;1-22(2)8-14(9-23(3,4)31-22)32-12-26-20-7-19(29-30-21(20)32)16-6-17(24)15(5-18(16)25)13-10-27-28-11-13/h6-8,11-12,15,32H,9-10H2,1-5H3,(H,27,28);6-9,12-13,17,30,32H,10-11H2,1-5H3,(H,25,26);5-7,10-12,14,31H,8-9H2,1-4H3,(H,27,28). The molecule has 12 heterocycles. The summed E-state index contributed by atoms with van der Waals surface area (Å²) in [4.78, 5) is 14.0. The quantitative estimate of drug-likeness (QED) is 0.0662. The van der Waals surface area contributed by atoms with Gasteiger partial charge in [0.2, 0.25) is 0 Å². The van der Waals surface area contributed by atoms with Gasteiger partial charge in [-0.3, -0.25) is 15.3 Å². The number of aromatic nitrogens is 18. The van der Waals surface area contributed by atoms with E-state index >= 15 is 0 Å². The number of H-pyrrole nitrogens is 3. The second-order valence-corrected chi connectivity index (χ2v) is 30.2. The van der Waals surface area contributed by atoms with Crippen molar-refractivity contribution in [3.05, 3.63) is 139 Å². The van der Waals surface area contributed by atoms with Gasteiger partial charge >= 0.3 is 0 Å². The molecule has 3 aromatic carbocycles. The number of phenolic OH excluding ortho intramolecular Hbond substituents is 1. The molecule has 3 aliphatic rings. The Kier molecular flexibility index (Phi) is 16.6. The van der Waals surface area contributed by atoms with Crippen molar-refractivity contribution < 1.29 is 22.7 Å². The number of nitrogens with zero attached hydrogens (tertiary/aromatic N) is 15. The smallest absolute Gasteiger partial charge is 0.182 e. The number of benzene rings is 3. The van der Waals surface area contributed by atoms with Gasteiger partial charge in [0.25, 0.3) is 0 Å². The molecular formula is C71H81F4N21O. The molecule has 0 spiro atoms. The Bertz CT molecular complexity index is 4840. The molecule has 3 saturated heterocycles. The van der Waals surface area contributed by atoms with E-state index in [1.165, 1.54) is 24.8 Å². The first kappa shape index (κ1) is 66.0. The fourth-order valence-electron chi connectivity index (χ4n) is 15.8. The second-order valence-electron chi connectivity index (χ2n) is 30.2. The summed E-state index contributed by atoms with van der Waals surface area (Å²) >= 11 is 0. The molecule has 9 aromatic heterocycles. The van der Waals surface area contributed by atoms with Crippen LogP contribution in [0.1, 0.15) is 151 Å². The molecular weight excluding hydrogens is 1240 g/mol. The molecule has 504 valence electrons. The average Bonchev–Trinajstić information content (AvgIpc) is 1.67. The zero-order chi connectivity index (χ0) is 68.9. The number of phenols is 1. The van der Waals surface area contributed by atoms with Crippen molar-refractivity contribution in [2.75, 3.05) is 0 Å². The number of halogens is 4. The summed E-state index contributed by atoms with van der Waals surface area (Å²) in [5.74, 6) is -0.376. The molecule has 7 N–H and O–H groups in total. The third-order valence-corrected chi connectivity index (χ3v) is 18.6. The summed E-state index contributed by atoms with van der Waals surface area (Å²) in [5.41, 5.74) is 8.80. The fourth-order valence-corrected chi connectivity index (χ4v) is 15.8. The third-order valence-electron chi connectivity index (χ3n) is 18.6. The Labute approximate surface area is 558 Å². The van der Waals surface area contributed by atoms with Gasteiger partial charge in [0.15, 0.2) is 16.9 Å². The number of hydrogen-bond donors (Lipinski definition) is 7. The van der Waals surface area contributed by atoms with Crippen molar-refractivity contribution in [2.24, 2.45) is 0 Å². The van der Waals surface area contributed by atoms with E-state index in [9.17, 15) is 22.7 Å². The Balaban J connectivity index is 0.000000131. The highest BCUT2D eigenvalue weighted by Gasteiger charge is 2.42. The number of aromatic amines is 3. The van der Waals surface area contributed by atoms with Gasteiger partial charge < -0.3 is 34.8 Å². The summed E-state index contributed by atoms with van der Waals surface area (Å²) in [7, 11) is 0. The maximum absolute atomic E-state index is 15.0. The van der Waals surface area contributed by atoms with Crippen molar-refractivity contribution in [3.8, 4) is 72.9 Å². The maximum Gasteiger partial charge on any atom is 0.182 e. The number of nitrogens with one attached hydrogen (secondary N) is 6. The normalized spacial score (nSPS) is 18.2. The van der Waals surface area contributed by atoms with E-state index in [1.807, 2.05) is 32.0 Å². The minimum Gasteiger partial charge on any atom is -0.507 e. The van der Waals surface area contributed by atoms with Crippen LogP contribution in [0.4, 0.5) is 17.6 Å². The fraction of sp³-hybridized carbons (Fsp3) is 0.408. The van der Waals surface area contributed by atoms with E-state index in [-0.39, 0.29) is 90.8 Å². The van der Waals surface area contributed by atoms with E-state index in [1.54, 1.807) is 36.9 Å². The maximum atomic E-state index is 15.0. The highest BCUT2D eigenvalue weighted by Crippen LogP contribution is 2.43. The molecule has 97 heavy (non-hydrogen) atoms. The molecule has 3 fully saturated rings. The lowest BCUT2D eigenvalue weighted by atomic mass is 9.79. The number of rotatable bonds is 9. The van der Waals surface area contributed by atoms with Crippen LogP contribution in [0.5, 0.6) is 5.75 Å². The van der Waals surface area contributed by atoms with Crippen molar-refractivity contribution in [2.45, 2.75) is 187 Å². The zero-order valence-electron chi connectivity index (χ0n) is 57.0. The van der Waals surface area contributed by atoms with E-state index in [0.29, 0.717) is 44.7 Å². The predicted molar refractivity (Wildman–Crippen MR) is 365 cm³/mol. The summed E-state index contributed by atoms with van der Waals surface area (Å²) in [6.45, 7) is 30.5. The van der Waals surface area contributed by atoms with Gasteiger partial charge in [-0.1, -0.05) is 6.07 Å². The van der Waals surface area contributed by atoms with Gasteiger partial charge in [-0.25, -0.2) is 32.5 Å². The summed E-state index contributed by atoms with van der Waals surface area (Å²) in [6, 6.07) is 16.0. The monoisotopic (exact) mass is 1320 g/mol. The van der Waals surface area contributed by atoms with Crippen LogP contribution in [0.2, 0.25) is 0 Å². The Hall–Kier alpha value is -9.66. The van der Waals surface area contributed by atoms with Crippen LogP contribution in [-0.2, 0) is 0 Å². The minimum absolute atomic E-state index is 0.0192. The van der Waals surface area contributed by atoms with E-state index < -0.39 is 23.3 Å². The molecule has 12 aromatic rings. The highest BCUT2D eigenvalue weighted by atomic mass is 19.1. The number of hydrogen-bond acceptors (Lipinski definition) is 16. The second kappa shape index (κ2) is 24.5. The number of aromatic hydroxyl groups is 1. The number of aryl methyl sites for hydroxylation is 2. The predicted octanol–water partition coefficient (Wildman–Crippen LogP) is 14.0. The first-order chi connectivity index (χ1) is 45.8. The van der Waals surface area contributed by atoms with Gasteiger partial charge in [0.05, 0.1) is 42.0 Å². The third kappa shape index (κ3) is 13.6. The molecule has 0 atom stereocenters. The van der Waals surface area contributed by atoms with Gasteiger partial charge in [-0.2, -0.15) is 15.3 Å². The lowest BCUT2D eigenvalue weighted by Crippen LogP contribution is -2.58. The first-order valence-corrected chi connectivity index (χ1v) is 32.6. The van der Waals surface area contributed by atoms with Crippen LogP contribution in [0.25, 0.3) is 101 Å². The molecule has 15 rings (SSSR count). The van der Waals surface area contributed by atoms with Crippen molar-refractivity contribution >= 4 is 33.5 Å². The van der Waals surface area contributed by atoms with Crippen LogP contribution >= 0.6 is 0 Å². The molecule has 0 amide bonds.